The topological polar surface area (TPSA) is 68.3 Å². The zero-order valence-corrected chi connectivity index (χ0v) is 13.5. The largest absolute Gasteiger partial charge is 0.341 e. The third kappa shape index (κ3) is 2.14. The number of nitrogens with zero attached hydrogens (tertiary/aromatic N) is 6. The van der Waals surface area contributed by atoms with E-state index in [4.69, 9.17) is 0 Å². The van der Waals surface area contributed by atoms with Crippen LogP contribution in [0.3, 0.4) is 0 Å². The van der Waals surface area contributed by atoms with Gasteiger partial charge in [0, 0.05) is 40.3 Å². The van der Waals surface area contributed by atoms with Crippen molar-refractivity contribution in [1.82, 2.24) is 23.6 Å². The maximum absolute atomic E-state index is 12.5. The minimum atomic E-state index is -0.340. The Bertz CT molecular complexity index is 828. The average Bonchev–Trinajstić information content (AvgIpc) is 2.88. The van der Waals surface area contributed by atoms with E-state index < -0.39 is 0 Å². The molecule has 120 valence electrons. The summed E-state index contributed by atoms with van der Waals surface area (Å²) in [5, 5.41) is 0. The highest BCUT2D eigenvalue weighted by Gasteiger charge is 2.25. The lowest BCUT2D eigenvalue weighted by atomic mass is 10.3. The zero-order chi connectivity index (χ0) is 16.0. The van der Waals surface area contributed by atoms with Gasteiger partial charge in [0.25, 0.3) is 5.56 Å². The molecule has 0 N–H and O–H groups in total. The molecule has 1 aliphatic rings. The van der Waals surface area contributed by atoms with E-state index in [1.807, 2.05) is 18.7 Å². The van der Waals surface area contributed by atoms with E-state index in [0.29, 0.717) is 11.2 Å². The first-order valence-electron chi connectivity index (χ1n) is 7.47. The second-order valence-electron chi connectivity index (χ2n) is 6.09. The van der Waals surface area contributed by atoms with Gasteiger partial charge < -0.3 is 14.4 Å². The maximum atomic E-state index is 12.5. The molecular weight excluding hydrogens is 284 g/mol. The molecule has 0 aliphatic carbocycles. The number of hydrogen-bond donors (Lipinski definition) is 0. The van der Waals surface area contributed by atoms with Gasteiger partial charge in [-0.2, -0.15) is 4.98 Å². The Balaban J connectivity index is 2.19. The molecule has 2 aromatic heterocycles. The summed E-state index contributed by atoms with van der Waals surface area (Å²) in [4.78, 5) is 33.4. The fourth-order valence-electron chi connectivity index (χ4n) is 2.94. The predicted octanol–water partition coefficient (Wildman–Crippen LogP) is -0.795. The molecular formula is C14H22N6O2. The Labute approximate surface area is 128 Å². The van der Waals surface area contributed by atoms with Crippen molar-refractivity contribution in [3.63, 3.8) is 0 Å². The summed E-state index contributed by atoms with van der Waals surface area (Å²) in [6.07, 6.45) is 0.970. The van der Waals surface area contributed by atoms with Gasteiger partial charge in [-0.25, -0.2) is 4.79 Å². The summed E-state index contributed by atoms with van der Waals surface area (Å²) in [6, 6.07) is 0. The first kappa shape index (κ1) is 14.8. The number of imidazole rings is 1. The molecule has 0 bridgehead atoms. The van der Waals surface area contributed by atoms with Crippen molar-refractivity contribution in [3.05, 3.63) is 20.8 Å². The van der Waals surface area contributed by atoms with Crippen molar-refractivity contribution in [2.24, 2.45) is 14.1 Å². The van der Waals surface area contributed by atoms with Gasteiger partial charge in [0.15, 0.2) is 11.2 Å². The fraction of sp³-hybridized carbons (Fsp3) is 0.643. The lowest BCUT2D eigenvalue weighted by Crippen LogP contribution is -2.39. The number of rotatable bonds is 3. The van der Waals surface area contributed by atoms with E-state index in [0.717, 1.165) is 43.1 Å². The molecule has 22 heavy (non-hydrogen) atoms. The summed E-state index contributed by atoms with van der Waals surface area (Å²) in [7, 11) is 7.24. The Hall–Kier alpha value is -2.09. The molecule has 0 atom stereocenters. The molecule has 0 aromatic carbocycles. The van der Waals surface area contributed by atoms with Crippen LogP contribution in [0, 0.1) is 0 Å². The van der Waals surface area contributed by atoms with Crippen molar-refractivity contribution in [3.8, 4) is 0 Å². The lowest BCUT2D eigenvalue weighted by molar-refractivity contribution is 0.405. The van der Waals surface area contributed by atoms with Crippen LogP contribution in [0.4, 0.5) is 5.95 Å². The summed E-state index contributed by atoms with van der Waals surface area (Å²) in [5.74, 6) is 0.793. The van der Waals surface area contributed by atoms with Crippen molar-refractivity contribution < 1.29 is 0 Å². The third-order valence-corrected chi connectivity index (χ3v) is 4.24. The zero-order valence-electron chi connectivity index (χ0n) is 13.5. The summed E-state index contributed by atoms with van der Waals surface area (Å²) in [6.45, 7) is 3.45. The van der Waals surface area contributed by atoms with E-state index in [1.54, 1.807) is 7.05 Å². The molecule has 0 saturated heterocycles. The number of fused-ring (bicyclic) bond motifs is 3. The molecule has 0 spiro atoms. The molecule has 8 nitrogen and oxygen atoms in total. The fourth-order valence-corrected chi connectivity index (χ4v) is 2.94. The van der Waals surface area contributed by atoms with Crippen LogP contribution >= 0.6 is 0 Å². The number of likely N-dealkylation sites (N-methyl/N-ethyl adjacent to an activating group) is 1. The maximum Gasteiger partial charge on any atom is 0.332 e. The van der Waals surface area contributed by atoms with Gasteiger partial charge in [0.2, 0.25) is 5.95 Å². The smallest absolute Gasteiger partial charge is 0.332 e. The van der Waals surface area contributed by atoms with Crippen molar-refractivity contribution >= 4 is 17.1 Å². The van der Waals surface area contributed by atoms with Gasteiger partial charge in [-0.05, 0) is 20.5 Å². The van der Waals surface area contributed by atoms with Crippen molar-refractivity contribution in [1.29, 1.82) is 0 Å². The molecule has 3 rings (SSSR count). The van der Waals surface area contributed by atoms with E-state index in [1.165, 1.54) is 11.6 Å². The molecule has 0 radical (unpaired) electrons. The van der Waals surface area contributed by atoms with Crippen LogP contribution in [0.2, 0.25) is 0 Å². The van der Waals surface area contributed by atoms with E-state index in [9.17, 15) is 9.59 Å². The van der Waals surface area contributed by atoms with Gasteiger partial charge in [-0.15, -0.1) is 0 Å². The monoisotopic (exact) mass is 306 g/mol. The number of hydrogen-bond acceptors (Lipinski definition) is 5. The van der Waals surface area contributed by atoms with Gasteiger partial charge in [0.1, 0.15) is 0 Å². The summed E-state index contributed by atoms with van der Waals surface area (Å²) >= 11 is 0. The Kier molecular flexibility index (Phi) is 3.56. The molecule has 0 unspecified atom stereocenters. The minimum absolute atomic E-state index is 0.272. The third-order valence-electron chi connectivity index (χ3n) is 4.24. The van der Waals surface area contributed by atoms with E-state index in [-0.39, 0.29) is 11.2 Å². The SMILES string of the molecule is CN(C)CCN1CCCn2c1nc1c2c(=O)n(C)c(=O)n1C. The van der Waals surface area contributed by atoms with Gasteiger partial charge in [-0.1, -0.05) is 0 Å². The van der Waals surface area contributed by atoms with Crippen LogP contribution in [0.5, 0.6) is 0 Å². The normalized spacial score (nSPS) is 14.9. The highest BCUT2D eigenvalue weighted by atomic mass is 16.2. The van der Waals surface area contributed by atoms with Crippen LogP contribution < -0.4 is 16.1 Å². The highest BCUT2D eigenvalue weighted by molar-refractivity contribution is 5.74. The Morgan fingerprint density at radius 1 is 1.14 bits per heavy atom. The number of aromatic nitrogens is 4. The van der Waals surface area contributed by atoms with E-state index >= 15 is 0 Å². The van der Waals surface area contributed by atoms with Gasteiger partial charge in [0.05, 0.1) is 0 Å². The van der Waals surface area contributed by atoms with E-state index in [2.05, 4.69) is 14.8 Å². The molecule has 3 heterocycles. The standard InChI is InChI=1S/C14H22N6O2/c1-16(2)8-9-19-6-5-7-20-10-11(15-13(19)20)17(3)14(22)18(4)12(10)21/h5-9H2,1-4H3. The predicted molar refractivity (Wildman–Crippen MR) is 85.6 cm³/mol. The van der Waals surface area contributed by atoms with Gasteiger partial charge in [-0.3, -0.25) is 13.9 Å². The van der Waals surface area contributed by atoms with Crippen LogP contribution in [0.1, 0.15) is 6.42 Å². The number of aryl methyl sites for hydroxylation is 2. The quantitative estimate of drug-likeness (QED) is 0.743. The molecule has 2 aromatic rings. The van der Waals surface area contributed by atoms with Crippen LogP contribution in [0.15, 0.2) is 9.59 Å². The van der Waals surface area contributed by atoms with Crippen LogP contribution in [-0.4, -0.2) is 57.3 Å². The number of anilines is 1. The molecule has 8 heteroatoms. The molecule has 0 fully saturated rings. The van der Waals surface area contributed by atoms with Crippen LogP contribution in [-0.2, 0) is 20.6 Å². The Morgan fingerprint density at radius 2 is 1.86 bits per heavy atom. The molecule has 0 saturated carbocycles. The first-order valence-corrected chi connectivity index (χ1v) is 7.47. The van der Waals surface area contributed by atoms with Crippen LogP contribution in [0.25, 0.3) is 11.2 Å². The summed E-state index contributed by atoms with van der Waals surface area (Å²) in [5.41, 5.74) is 0.383. The molecule has 1 aliphatic heterocycles. The Morgan fingerprint density at radius 3 is 2.55 bits per heavy atom. The highest BCUT2D eigenvalue weighted by Crippen LogP contribution is 2.23. The first-order chi connectivity index (χ1) is 10.4. The second kappa shape index (κ2) is 5.28. The molecule has 0 amide bonds. The minimum Gasteiger partial charge on any atom is -0.341 e. The van der Waals surface area contributed by atoms with Gasteiger partial charge >= 0.3 is 5.69 Å². The average molecular weight is 306 g/mol. The lowest BCUT2D eigenvalue weighted by Gasteiger charge is -2.29. The second-order valence-corrected chi connectivity index (χ2v) is 6.09. The van der Waals surface area contributed by atoms with Crippen molar-refractivity contribution in [2.75, 3.05) is 38.6 Å². The van der Waals surface area contributed by atoms with Crippen molar-refractivity contribution in [2.45, 2.75) is 13.0 Å². The summed E-state index contributed by atoms with van der Waals surface area (Å²) < 4.78 is 4.55.